The van der Waals surface area contributed by atoms with Gasteiger partial charge in [0.25, 0.3) is 0 Å². The topological polar surface area (TPSA) is 12.0 Å². The first-order valence-corrected chi connectivity index (χ1v) is 8.14. The molecule has 0 aliphatic heterocycles. The first kappa shape index (κ1) is 14.1. The van der Waals surface area contributed by atoms with E-state index in [1.54, 1.807) is 5.57 Å². The smallest absolute Gasteiger partial charge is 0.0164 e. The van der Waals surface area contributed by atoms with Crippen LogP contribution in [0.15, 0.2) is 11.6 Å². The molecule has 2 fully saturated rings. The molecule has 0 heterocycles. The van der Waals surface area contributed by atoms with E-state index in [1.807, 2.05) is 0 Å². The van der Waals surface area contributed by atoms with Crippen molar-refractivity contribution in [3.63, 3.8) is 0 Å². The quantitative estimate of drug-likeness (QED) is 0.721. The minimum atomic E-state index is 0.874. The summed E-state index contributed by atoms with van der Waals surface area (Å²) in [5.74, 6) is 2.71. The van der Waals surface area contributed by atoms with E-state index < -0.39 is 0 Å². The first-order chi connectivity index (χ1) is 8.79. The van der Waals surface area contributed by atoms with Crippen LogP contribution in [-0.2, 0) is 0 Å². The number of hydrogen-bond acceptors (Lipinski definition) is 1. The van der Waals surface area contributed by atoms with Crippen molar-refractivity contribution in [2.45, 2.75) is 64.7 Å². The van der Waals surface area contributed by atoms with Gasteiger partial charge in [0, 0.05) is 6.54 Å². The van der Waals surface area contributed by atoms with Gasteiger partial charge in [0.05, 0.1) is 0 Å². The van der Waals surface area contributed by atoms with Gasteiger partial charge in [-0.2, -0.15) is 0 Å². The Bertz CT molecular complexity index is 263. The summed E-state index contributed by atoms with van der Waals surface area (Å²) in [6.45, 7) is 3.55. The van der Waals surface area contributed by atoms with Gasteiger partial charge in [-0.1, -0.05) is 50.7 Å². The van der Waals surface area contributed by atoms with Gasteiger partial charge in [0.2, 0.25) is 0 Å². The third kappa shape index (κ3) is 4.12. The first-order valence-electron chi connectivity index (χ1n) is 8.14. The lowest BCUT2D eigenvalue weighted by Gasteiger charge is -2.29. The summed E-state index contributed by atoms with van der Waals surface area (Å²) in [5.41, 5.74) is 1.73. The number of likely N-dealkylation sites (N-methyl/N-ethyl adjacent to an activating group) is 1. The van der Waals surface area contributed by atoms with E-state index in [0.717, 1.165) is 24.3 Å². The van der Waals surface area contributed by atoms with Crippen LogP contribution in [0.25, 0.3) is 0 Å². The van der Waals surface area contributed by atoms with Gasteiger partial charge in [0.15, 0.2) is 0 Å². The zero-order chi connectivity index (χ0) is 12.8. The molecule has 2 saturated carbocycles. The average molecular weight is 249 g/mol. The van der Waals surface area contributed by atoms with Crippen molar-refractivity contribution >= 4 is 0 Å². The van der Waals surface area contributed by atoms with E-state index in [4.69, 9.17) is 0 Å². The van der Waals surface area contributed by atoms with Crippen LogP contribution in [-0.4, -0.2) is 13.6 Å². The van der Waals surface area contributed by atoms with Gasteiger partial charge in [-0.15, -0.1) is 0 Å². The molecule has 0 spiro atoms. The average Bonchev–Trinajstić information content (AvgIpc) is 2.39. The maximum absolute atomic E-state index is 3.40. The van der Waals surface area contributed by atoms with E-state index in [9.17, 15) is 0 Å². The van der Waals surface area contributed by atoms with E-state index in [-0.39, 0.29) is 0 Å². The molecule has 0 amide bonds. The standard InChI is InChI=1S/C17H31N/c1-14-7-6-8-15(11-14)12-17(13-18-2)16-9-4-3-5-10-16/h12,14-16,18H,3-11,13H2,1-2H3. The largest absolute Gasteiger partial charge is 0.316 e. The summed E-state index contributed by atoms with van der Waals surface area (Å²) in [7, 11) is 2.10. The van der Waals surface area contributed by atoms with Gasteiger partial charge >= 0.3 is 0 Å². The fourth-order valence-electron chi connectivity index (χ4n) is 3.95. The van der Waals surface area contributed by atoms with Gasteiger partial charge in [-0.3, -0.25) is 0 Å². The molecule has 0 bridgehead atoms. The Morgan fingerprint density at radius 1 is 1.06 bits per heavy atom. The molecule has 1 N–H and O–H groups in total. The zero-order valence-electron chi connectivity index (χ0n) is 12.4. The number of allylic oxidation sites excluding steroid dienone is 1. The lowest BCUT2D eigenvalue weighted by Crippen LogP contribution is -2.21. The van der Waals surface area contributed by atoms with Crippen LogP contribution in [0.2, 0.25) is 0 Å². The second-order valence-corrected chi connectivity index (χ2v) is 6.64. The summed E-state index contributed by atoms with van der Waals surface area (Å²) >= 11 is 0. The third-order valence-corrected chi connectivity index (χ3v) is 4.94. The van der Waals surface area contributed by atoms with E-state index >= 15 is 0 Å². The second-order valence-electron chi connectivity index (χ2n) is 6.64. The predicted octanol–water partition coefficient (Wildman–Crippen LogP) is 4.54. The number of rotatable bonds is 4. The molecule has 0 aromatic rings. The number of hydrogen-bond donors (Lipinski definition) is 1. The minimum absolute atomic E-state index is 0.874. The second kappa shape index (κ2) is 7.33. The van der Waals surface area contributed by atoms with Crippen LogP contribution in [0.4, 0.5) is 0 Å². The van der Waals surface area contributed by atoms with E-state index in [0.29, 0.717) is 0 Å². The summed E-state index contributed by atoms with van der Waals surface area (Å²) in [6.07, 6.45) is 15.7. The van der Waals surface area contributed by atoms with Crippen LogP contribution < -0.4 is 5.32 Å². The Labute approximate surface area is 113 Å². The van der Waals surface area contributed by atoms with Crippen LogP contribution >= 0.6 is 0 Å². The van der Waals surface area contributed by atoms with Crippen LogP contribution in [0.5, 0.6) is 0 Å². The normalized spacial score (nSPS) is 31.6. The van der Waals surface area contributed by atoms with Crippen LogP contribution in [0, 0.1) is 17.8 Å². The Kier molecular flexibility index (Phi) is 5.75. The van der Waals surface area contributed by atoms with Crippen LogP contribution in [0.1, 0.15) is 64.7 Å². The predicted molar refractivity (Wildman–Crippen MR) is 79.7 cm³/mol. The monoisotopic (exact) mass is 249 g/mol. The molecule has 2 unspecified atom stereocenters. The van der Waals surface area contributed by atoms with Crippen molar-refractivity contribution in [2.24, 2.45) is 17.8 Å². The molecule has 2 atom stereocenters. The van der Waals surface area contributed by atoms with Crippen molar-refractivity contribution in [3.8, 4) is 0 Å². The third-order valence-electron chi connectivity index (χ3n) is 4.94. The van der Waals surface area contributed by atoms with Gasteiger partial charge in [-0.25, -0.2) is 0 Å². The Balaban J connectivity index is 1.98. The van der Waals surface area contributed by atoms with Gasteiger partial charge in [-0.05, 0) is 50.5 Å². The Morgan fingerprint density at radius 2 is 1.83 bits per heavy atom. The highest BCUT2D eigenvalue weighted by Gasteiger charge is 2.21. The van der Waals surface area contributed by atoms with Gasteiger partial charge in [0.1, 0.15) is 0 Å². The van der Waals surface area contributed by atoms with Crippen molar-refractivity contribution in [1.82, 2.24) is 5.32 Å². The van der Waals surface area contributed by atoms with Crippen molar-refractivity contribution in [2.75, 3.05) is 13.6 Å². The maximum Gasteiger partial charge on any atom is 0.0164 e. The molecule has 1 nitrogen and oxygen atoms in total. The fourth-order valence-corrected chi connectivity index (χ4v) is 3.95. The lowest BCUT2D eigenvalue weighted by molar-refractivity contribution is 0.319. The highest BCUT2D eigenvalue weighted by molar-refractivity contribution is 5.12. The molecule has 2 aliphatic rings. The fraction of sp³-hybridized carbons (Fsp3) is 0.882. The summed E-state index contributed by atoms with van der Waals surface area (Å²) in [5, 5.41) is 3.40. The SMILES string of the molecule is CNCC(=CC1CCCC(C)C1)C1CCCCC1. The molecule has 0 radical (unpaired) electrons. The highest BCUT2D eigenvalue weighted by Crippen LogP contribution is 2.34. The van der Waals surface area contributed by atoms with E-state index in [1.165, 1.54) is 57.8 Å². The molecular formula is C17H31N. The molecule has 18 heavy (non-hydrogen) atoms. The summed E-state index contributed by atoms with van der Waals surface area (Å²) < 4.78 is 0. The molecule has 104 valence electrons. The van der Waals surface area contributed by atoms with Crippen molar-refractivity contribution in [3.05, 3.63) is 11.6 Å². The molecule has 1 heteroatoms. The van der Waals surface area contributed by atoms with E-state index in [2.05, 4.69) is 25.4 Å². The lowest BCUT2D eigenvalue weighted by atomic mass is 9.78. The molecule has 2 aliphatic carbocycles. The van der Waals surface area contributed by atoms with Gasteiger partial charge < -0.3 is 5.32 Å². The summed E-state index contributed by atoms with van der Waals surface area (Å²) in [4.78, 5) is 0. The summed E-state index contributed by atoms with van der Waals surface area (Å²) in [6, 6.07) is 0. The molecule has 0 aromatic heterocycles. The zero-order valence-corrected chi connectivity index (χ0v) is 12.4. The number of nitrogens with one attached hydrogen (secondary N) is 1. The molecule has 2 rings (SSSR count). The highest BCUT2D eigenvalue weighted by atomic mass is 14.8. The Hall–Kier alpha value is -0.300. The van der Waals surface area contributed by atoms with Crippen LogP contribution in [0.3, 0.4) is 0 Å². The molecule has 0 aromatic carbocycles. The molecule has 0 saturated heterocycles. The molecular weight excluding hydrogens is 218 g/mol. The Morgan fingerprint density at radius 3 is 2.50 bits per heavy atom. The maximum atomic E-state index is 3.40. The van der Waals surface area contributed by atoms with Crippen molar-refractivity contribution in [1.29, 1.82) is 0 Å². The minimum Gasteiger partial charge on any atom is -0.316 e. The van der Waals surface area contributed by atoms with Crippen molar-refractivity contribution < 1.29 is 0 Å².